The van der Waals surface area contributed by atoms with E-state index in [-0.39, 0.29) is 6.54 Å². The largest absolute Gasteiger partial charge is 0.465 e. The van der Waals surface area contributed by atoms with Gasteiger partial charge in [-0.1, -0.05) is 24.3 Å². The summed E-state index contributed by atoms with van der Waals surface area (Å²) in [5.41, 5.74) is 0.274. The highest BCUT2D eigenvalue weighted by Crippen LogP contribution is 2.36. The molecule has 9 nitrogen and oxygen atoms in total. The molecule has 33 heavy (non-hydrogen) atoms. The van der Waals surface area contributed by atoms with Crippen LogP contribution in [0.3, 0.4) is 0 Å². The Hall–Kier alpha value is -3.88. The number of nitro groups is 1. The fourth-order valence-electron chi connectivity index (χ4n) is 3.42. The van der Waals surface area contributed by atoms with Gasteiger partial charge in [0, 0.05) is 16.7 Å². The molecular formula is C24H26N2O7. The summed E-state index contributed by atoms with van der Waals surface area (Å²) in [6, 6.07) is 12.3. The number of carbonyl (C=O) groups excluding carboxylic acids is 2. The summed E-state index contributed by atoms with van der Waals surface area (Å²) < 4.78 is 16.0. The van der Waals surface area contributed by atoms with Crippen molar-refractivity contribution >= 4 is 12.1 Å². The summed E-state index contributed by atoms with van der Waals surface area (Å²) in [5, 5.41) is 11.9. The lowest BCUT2D eigenvalue weighted by atomic mass is 9.88. The number of para-hydroxylation sites is 1. The number of nitrogens with zero attached hydrogens (tertiary/aromatic N) is 2. The van der Waals surface area contributed by atoms with E-state index < -0.39 is 34.5 Å². The first-order chi connectivity index (χ1) is 15.6. The zero-order valence-electron chi connectivity index (χ0n) is 18.9. The fourth-order valence-corrected chi connectivity index (χ4v) is 3.42. The molecule has 9 heteroatoms. The van der Waals surface area contributed by atoms with E-state index in [9.17, 15) is 19.7 Å². The second kappa shape index (κ2) is 9.72. The molecule has 0 aromatic heterocycles. The Bertz CT molecular complexity index is 1060. The van der Waals surface area contributed by atoms with Gasteiger partial charge in [0.2, 0.25) is 6.04 Å². The highest BCUT2D eigenvalue weighted by molar-refractivity contribution is 5.89. The summed E-state index contributed by atoms with van der Waals surface area (Å²) in [6.45, 7) is 5.07. The minimum Gasteiger partial charge on any atom is -0.465 e. The average molecular weight is 454 g/mol. The minimum atomic E-state index is -1.09. The molecule has 0 N–H and O–H groups in total. The Balaban J connectivity index is 1.86. The van der Waals surface area contributed by atoms with E-state index >= 15 is 0 Å². The topological polar surface area (TPSA) is 108 Å². The molecule has 1 heterocycles. The first-order valence-electron chi connectivity index (χ1n) is 10.4. The van der Waals surface area contributed by atoms with E-state index in [1.807, 2.05) is 0 Å². The molecule has 0 fully saturated rings. The molecule has 0 radical (unpaired) electrons. The van der Waals surface area contributed by atoms with Crippen molar-refractivity contribution in [2.24, 2.45) is 0 Å². The lowest BCUT2D eigenvalue weighted by Crippen LogP contribution is -2.45. The smallest absolute Gasteiger partial charge is 0.414 e. The van der Waals surface area contributed by atoms with E-state index in [0.29, 0.717) is 22.6 Å². The normalized spacial score (nSPS) is 17.9. The maximum atomic E-state index is 12.4. The van der Waals surface area contributed by atoms with Gasteiger partial charge in [-0.15, -0.1) is 0 Å². The van der Waals surface area contributed by atoms with E-state index in [1.54, 1.807) is 75.4 Å². The predicted octanol–water partition coefficient (Wildman–Crippen LogP) is 4.76. The van der Waals surface area contributed by atoms with Crippen molar-refractivity contribution in [3.63, 3.8) is 0 Å². The van der Waals surface area contributed by atoms with Crippen molar-refractivity contribution in [1.82, 2.24) is 4.90 Å². The van der Waals surface area contributed by atoms with Crippen molar-refractivity contribution in [3.8, 4) is 11.5 Å². The van der Waals surface area contributed by atoms with Crippen molar-refractivity contribution in [1.29, 1.82) is 0 Å². The van der Waals surface area contributed by atoms with Crippen LogP contribution in [0.25, 0.3) is 0 Å². The highest BCUT2D eigenvalue weighted by atomic mass is 16.6. The third kappa shape index (κ3) is 5.88. The minimum absolute atomic E-state index is 0.134. The summed E-state index contributed by atoms with van der Waals surface area (Å²) in [4.78, 5) is 36.7. The van der Waals surface area contributed by atoms with Crippen LogP contribution in [0.5, 0.6) is 11.5 Å². The number of benzene rings is 2. The van der Waals surface area contributed by atoms with Crippen molar-refractivity contribution < 1.29 is 28.7 Å². The molecule has 0 spiro atoms. The Morgan fingerprint density at radius 3 is 2.36 bits per heavy atom. The Labute approximate surface area is 191 Å². The number of amides is 1. The molecule has 2 aromatic carbocycles. The highest BCUT2D eigenvalue weighted by Gasteiger charge is 2.39. The van der Waals surface area contributed by atoms with Gasteiger partial charge in [-0.25, -0.2) is 9.59 Å². The quantitative estimate of drug-likeness (QED) is 0.364. The van der Waals surface area contributed by atoms with E-state index in [1.165, 1.54) is 18.2 Å². The van der Waals surface area contributed by atoms with Gasteiger partial charge >= 0.3 is 12.1 Å². The van der Waals surface area contributed by atoms with Gasteiger partial charge < -0.3 is 14.2 Å². The molecule has 2 aromatic rings. The van der Waals surface area contributed by atoms with Gasteiger partial charge in [0.1, 0.15) is 17.1 Å². The van der Waals surface area contributed by atoms with Crippen LogP contribution in [0.4, 0.5) is 4.79 Å². The SMILES string of the molecule is COC(=O)c1ccc(Oc2ccccc2[C@H]2C=CN(C(=O)OC(C)(C)C)C[C@@H]2[N+](=O)[O-])cc1. The first-order valence-corrected chi connectivity index (χ1v) is 10.4. The molecule has 0 saturated heterocycles. The van der Waals surface area contributed by atoms with Gasteiger partial charge in [0.15, 0.2) is 0 Å². The molecule has 0 saturated carbocycles. The van der Waals surface area contributed by atoms with Crippen LogP contribution in [0.15, 0.2) is 60.8 Å². The monoisotopic (exact) mass is 454 g/mol. The number of hydrogen-bond donors (Lipinski definition) is 0. The second-order valence-corrected chi connectivity index (χ2v) is 8.51. The number of ether oxygens (including phenoxy) is 3. The zero-order valence-corrected chi connectivity index (χ0v) is 18.9. The van der Waals surface area contributed by atoms with Crippen LogP contribution in [0, 0.1) is 10.1 Å². The van der Waals surface area contributed by atoms with Crippen molar-refractivity contribution in [2.75, 3.05) is 13.7 Å². The average Bonchev–Trinajstić information content (AvgIpc) is 2.78. The molecular weight excluding hydrogens is 428 g/mol. The van der Waals surface area contributed by atoms with Gasteiger partial charge in [0.25, 0.3) is 0 Å². The van der Waals surface area contributed by atoms with Crippen LogP contribution >= 0.6 is 0 Å². The number of carbonyl (C=O) groups is 2. The van der Waals surface area contributed by atoms with Gasteiger partial charge in [-0.3, -0.25) is 15.0 Å². The maximum absolute atomic E-state index is 12.4. The Morgan fingerprint density at radius 1 is 1.09 bits per heavy atom. The number of rotatable bonds is 5. The molecule has 2 atom stereocenters. The van der Waals surface area contributed by atoms with Gasteiger partial charge in [-0.05, 0) is 51.1 Å². The Kier molecular flexibility index (Phi) is 7.01. The molecule has 174 valence electrons. The number of methoxy groups -OCH3 is 1. The molecule has 1 aliphatic heterocycles. The van der Waals surface area contributed by atoms with Crippen LogP contribution in [0.1, 0.15) is 42.6 Å². The summed E-state index contributed by atoms with van der Waals surface area (Å²) >= 11 is 0. The summed E-state index contributed by atoms with van der Waals surface area (Å²) in [6.07, 6.45) is 2.49. The van der Waals surface area contributed by atoms with Gasteiger partial charge in [0.05, 0.1) is 25.1 Å². The zero-order chi connectivity index (χ0) is 24.2. The summed E-state index contributed by atoms with van der Waals surface area (Å²) in [5.74, 6) is -0.180. The van der Waals surface area contributed by atoms with E-state index in [4.69, 9.17) is 14.2 Å². The van der Waals surface area contributed by atoms with Crippen LogP contribution in [0.2, 0.25) is 0 Å². The third-order valence-corrected chi connectivity index (χ3v) is 4.95. The number of hydrogen-bond acceptors (Lipinski definition) is 7. The van der Waals surface area contributed by atoms with Crippen LogP contribution < -0.4 is 4.74 Å². The standard InChI is InChI=1S/C24H26N2O7/c1-24(2,3)33-23(28)25-14-13-18(20(15-25)26(29)30)19-7-5-6-8-21(19)32-17-11-9-16(10-12-17)22(27)31-4/h5-14,18,20H,15H2,1-4H3/t18-,20+/m1/s1. The molecule has 1 amide bonds. The maximum Gasteiger partial charge on any atom is 0.414 e. The second-order valence-electron chi connectivity index (χ2n) is 8.51. The summed E-state index contributed by atoms with van der Waals surface area (Å²) in [7, 11) is 1.30. The third-order valence-electron chi connectivity index (χ3n) is 4.95. The van der Waals surface area contributed by atoms with E-state index in [0.717, 1.165) is 0 Å². The molecule has 1 aliphatic rings. The van der Waals surface area contributed by atoms with Crippen molar-refractivity contribution in [2.45, 2.75) is 38.3 Å². The lowest BCUT2D eigenvalue weighted by molar-refractivity contribution is -0.525. The van der Waals surface area contributed by atoms with Crippen molar-refractivity contribution in [3.05, 3.63) is 82.0 Å². The first kappa shape index (κ1) is 23.8. The molecule has 0 aliphatic carbocycles. The van der Waals surface area contributed by atoms with Crippen LogP contribution in [-0.4, -0.2) is 47.2 Å². The Morgan fingerprint density at radius 2 is 1.76 bits per heavy atom. The van der Waals surface area contributed by atoms with Crippen LogP contribution in [-0.2, 0) is 9.47 Å². The predicted molar refractivity (Wildman–Crippen MR) is 120 cm³/mol. The molecule has 3 rings (SSSR count). The molecule has 0 unspecified atom stereocenters. The van der Waals surface area contributed by atoms with E-state index in [2.05, 4.69) is 0 Å². The number of esters is 1. The fraction of sp³-hybridized carbons (Fsp3) is 0.333. The molecule has 0 bridgehead atoms. The lowest BCUT2D eigenvalue weighted by Gasteiger charge is -2.31. The van der Waals surface area contributed by atoms with Gasteiger partial charge in [-0.2, -0.15) is 0 Å².